The van der Waals surface area contributed by atoms with E-state index in [1.165, 1.54) is 0 Å². The van der Waals surface area contributed by atoms with Crippen molar-refractivity contribution in [3.8, 4) is 0 Å². The molecule has 0 aromatic heterocycles. The number of hydrogen-bond donors (Lipinski definition) is 1. The van der Waals surface area contributed by atoms with E-state index >= 15 is 0 Å². The summed E-state index contributed by atoms with van der Waals surface area (Å²) < 4.78 is 0. The average molecular weight is 173 g/mol. The first-order chi connectivity index (χ1) is 5.16. The molecule has 0 rings (SSSR count). The van der Waals surface area contributed by atoms with Crippen LogP contribution >= 0.6 is 11.8 Å². The smallest absolute Gasteiger partial charge is 0.0146 e. The predicted octanol–water partition coefficient (Wildman–Crippen LogP) is 2.29. The van der Waals surface area contributed by atoms with Gasteiger partial charge in [0.15, 0.2) is 0 Å². The minimum Gasteiger partial charge on any atom is -0.312 e. The van der Waals surface area contributed by atoms with E-state index in [4.69, 9.17) is 0 Å². The molecule has 0 amide bonds. The molecule has 0 heterocycles. The molecular weight excluding hydrogens is 154 g/mol. The van der Waals surface area contributed by atoms with Crippen LogP contribution in [0.1, 0.15) is 20.8 Å². The van der Waals surface area contributed by atoms with Crippen molar-refractivity contribution >= 4 is 11.8 Å². The standard InChI is InChI=1S/C9H19NS/c1-5-6-10-7-9(4)11-8(2)3/h5,8-10H,1,6-7H2,2-4H3. The zero-order chi connectivity index (χ0) is 8.69. The Balaban J connectivity index is 3.21. The normalized spacial score (nSPS) is 13.5. The third-order valence-corrected chi connectivity index (χ3v) is 2.40. The van der Waals surface area contributed by atoms with Gasteiger partial charge in [-0.25, -0.2) is 0 Å². The lowest BCUT2D eigenvalue weighted by Gasteiger charge is -2.13. The van der Waals surface area contributed by atoms with E-state index in [0.29, 0.717) is 5.25 Å². The number of hydrogen-bond acceptors (Lipinski definition) is 2. The minimum atomic E-state index is 0.704. The third-order valence-electron chi connectivity index (χ3n) is 1.22. The largest absolute Gasteiger partial charge is 0.312 e. The topological polar surface area (TPSA) is 12.0 Å². The summed E-state index contributed by atoms with van der Waals surface area (Å²) in [4.78, 5) is 0. The van der Waals surface area contributed by atoms with Crippen molar-refractivity contribution in [2.24, 2.45) is 0 Å². The molecule has 0 saturated heterocycles. The molecule has 11 heavy (non-hydrogen) atoms. The van der Waals surface area contributed by atoms with Crippen LogP contribution in [0.4, 0.5) is 0 Å². The second-order valence-electron chi connectivity index (χ2n) is 2.94. The summed E-state index contributed by atoms with van der Waals surface area (Å²) in [5.74, 6) is 0. The van der Waals surface area contributed by atoms with Crippen molar-refractivity contribution in [1.29, 1.82) is 0 Å². The van der Waals surface area contributed by atoms with E-state index in [9.17, 15) is 0 Å². The molecule has 1 unspecified atom stereocenters. The molecular formula is C9H19NS. The van der Waals surface area contributed by atoms with Gasteiger partial charge in [-0.05, 0) is 5.25 Å². The Bertz CT molecular complexity index is 102. The summed E-state index contributed by atoms with van der Waals surface area (Å²) >= 11 is 2.01. The first-order valence-electron chi connectivity index (χ1n) is 4.14. The van der Waals surface area contributed by atoms with Crippen LogP contribution in [-0.4, -0.2) is 23.6 Å². The first kappa shape index (κ1) is 11.1. The highest BCUT2D eigenvalue weighted by atomic mass is 32.2. The summed E-state index contributed by atoms with van der Waals surface area (Å²) in [5, 5.41) is 4.74. The van der Waals surface area contributed by atoms with Gasteiger partial charge in [-0.2, -0.15) is 11.8 Å². The molecule has 0 bridgehead atoms. The predicted molar refractivity (Wildman–Crippen MR) is 55.3 cm³/mol. The Morgan fingerprint density at radius 3 is 2.55 bits per heavy atom. The molecule has 0 spiro atoms. The van der Waals surface area contributed by atoms with Gasteiger partial charge in [0.2, 0.25) is 0 Å². The SMILES string of the molecule is C=CCNCC(C)SC(C)C. The quantitative estimate of drug-likeness (QED) is 0.488. The van der Waals surface area contributed by atoms with Crippen LogP contribution in [0.3, 0.4) is 0 Å². The summed E-state index contributed by atoms with van der Waals surface area (Å²) in [6.07, 6.45) is 1.90. The van der Waals surface area contributed by atoms with Crippen molar-refractivity contribution < 1.29 is 0 Å². The van der Waals surface area contributed by atoms with E-state index in [0.717, 1.165) is 18.3 Å². The van der Waals surface area contributed by atoms with E-state index in [-0.39, 0.29) is 0 Å². The maximum atomic E-state index is 3.65. The number of nitrogens with one attached hydrogen (secondary N) is 1. The first-order valence-corrected chi connectivity index (χ1v) is 5.08. The van der Waals surface area contributed by atoms with Crippen molar-refractivity contribution in [3.05, 3.63) is 12.7 Å². The highest BCUT2D eigenvalue weighted by Gasteiger charge is 2.03. The maximum absolute atomic E-state index is 3.65. The fourth-order valence-corrected chi connectivity index (χ4v) is 2.04. The van der Waals surface area contributed by atoms with E-state index in [1.54, 1.807) is 0 Å². The summed E-state index contributed by atoms with van der Waals surface area (Å²) in [6, 6.07) is 0. The summed E-state index contributed by atoms with van der Waals surface area (Å²) in [5.41, 5.74) is 0. The Hall–Kier alpha value is 0.0500. The van der Waals surface area contributed by atoms with E-state index in [2.05, 4.69) is 32.7 Å². The molecule has 0 aliphatic heterocycles. The number of rotatable bonds is 6. The molecule has 0 aliphatic rings. The van der Waals surface area contributed by atoms with Crippen LogP contribution in [-0.2, 0) is 0 Å². The van der Waals surface area contributed by atoms with Crippen LogP contribution in [0.25, 0.3) is 0 Å². The lowest BCUT2D eigenvalue weighted by atomic mass is 10.4. The molecule has 0 aromatic rings. The lowest BCUT2D eigenvalue weighted by Crippen LogP contribution is -2.23. The fourth-order valence-electron chi connectivity index (χ4n) is 0.901. The summed E-state index contributed by atoms with van der Waals surface area (Å²) in [6.45, 7) is 12.4. The Morgan fingerprint density at radius 1 is 1.45 bits per heavy atom. The Morgan fingerprint density at radius 2 is 2.09 bits per heavy atom. The minimum absolute atomic E-state index is 0.704. The van der Waals surface area contributed by atoms with Gasteiger partial charge in [-0.15, -0.1) is 6.58 Å². The molecule has 1 nitrogen and oxygen atoms in total. The van der Waals surface area contributed by atoms with Gasteiger partial charge < -0.3 is 5.32 Å². The van der Waals surface area contributed by atoms with Gasteiger partial charge in [0.05, 0.1) is 0 Å². The van der Waals surface area contributed by atoms with E-state index < -0.39 is 0 Å². The van der Waals surface area contributed by atoms with Crippen molar-refractivity contribution in [2.45, 2.75) is 31.3 Å². The number of thioether (sulfide) groups is 1. The molecule has 66 valence electrons. The van der Waals surface area contributed by atoms with Crippen LogP contribution in [0.2, 0.25) is 0 Å². The molecule has 1 atom stereocenters. The second kappa shape index (κ2) is 6.74. The monoisotopic (exact) mass is 173 g/mol. The van der Waals surface area contributed by atoms with Crippen LogP contribution in [0.15, 0.2) is 12.7 Å². The van der Waals surface area contributed by atoms with Crippen molar-refractivity contribution in [2.75, 3.05) is 13.1 Å². The second-order valence-corrected chi connectivity index (χ2v) is 4.96. The highest BCUT2D eigenvalue weighted by molar-refractivity contribution is 8.00. The van der Waals surface area contributed by atoms with Crippen LogP contribution in [0, 0.1) is 0 Å². The molecule has 0 fully saturated rings. The van der Waals surface area contributed by atoms with Gasteiger partial charge in [0.1, 0.15) is 0 Å². The molecule has 0 aromatic carbocycles. The van der Waals surface area contributed by atoms with Gasteiger partial charge in [0.25, 0.3) is 0 Å². The fraction of sp³-hybridized carbons (Fsp3) is 0.778. The highest BCUT2D eigenvalue weighted by Crippen LogP contribution is 2.15. The molecule has 0 aliphatic carbocycles. The molecule has 1 N–H and O–H groups in total. The zero-order valence-electron chi connectivity index (χ0n) is 7.76. The van der Waals surface area contributed by atoms with Gasteiger partial charge in [-0.3, -0.25) is 0 Å². The zero-order valence-corrected chi connectivity index (χ0v) is 8.58. The van der Waals surface area contributed by atoms with Crippen molar-refractivity contribution in [3.63, 3.8) is 0 Å². The lowest BCUT2D eigenvalue weighted by molar-refractivity contribution is 0.738. The summed E-state index contributed by atoms with van der Waals surface area (Å²) in [7, 11) is 0. The molecule has 2 heteroatoms. The third kappa shape index (κ3) is 7.95. The van der Waals surface area contributed by atoms with Crippen molar-refractivity contribution in [1.82, 2.24) is 5.32 Å². The Kier molecular flexibility index (Phi) is 6.77. The van der Waals surface area contributed by atoms with Gasteiger partial charge >= 0.3 is 0 Å². The maximum Gasteiger partial charge on any atom is 0.0146 e. The van der Waals surface area contributed by atoms with Gasteiger partial charge in [-0.1, -0.05) is 26.8 Å². The molecule has 0 radical (unpaired) electrons. The van der Waals surface area contributed by atoms with E-state index in [1.807, 2.05) is 17.8 Å². The Labute approximate surface area is 74.6 Å². The molecule has 0 saturated carbocycles. The van der Waals surface area contributed by atoms with Crippen LogP contribution < -0.4 is 5.32 Å². The van der Waals surface area contributed by atoms with Gasteiger partial charge in [0, 0.05) is 18.3 Å². The average Bonchev–Trinajstić information content (AvgIpc) is 1.86. The van der Waals surface area contributed by atoms with Crippen LogP contribution in [0.5, 0.6) is 0 Å².